The van der Waals surface area contributed by atoms with Crippen molar-refractivity contribution in [2.45, 2.75) is 30.3 Å². The molecule has 1 aromatic heterocycles. The van der Waals surface area contributed by atoms with Crippen molar-refractivity contribution in [3.63, 3.8) is 0 Å². The molecule has 120 valence electrons. The van der Waals surface area contributed by atoms with Gasteiger partial charge in [-0.2, -0.15) is 0 Å². The van der Waals surface area contributed by atoms with E-state index in [0.29, 0.717) is 12.3 Å². The predicted molar refractivity (Wildman–Crippen MR) is 81.2 cm³/mol. The maximum atomic E-state index is 12.4. The van der Waals surface area contributed by atoms with Crippen LogP contribution in [-0.4, -0.2) is 40.9 Å². The first kappa shape index (κ1) is 16.9. The highest BCUT2D eigenvalue weighted by Crippen LogP contribution is 2.30. The molecular weight excluding hydrogens is 384 g/mol. The molecule has 0 aromatic carbocycles. The summed E-state index contributed by atoms with van der Waals surface area (Å²) in [4.78, 5) is -0.0294. The van der Waals surface area contributed by atoms with Gasteiger partial charge < -0.3 is 9.73 Å². The summed E-state index contributed by atoms with van der Waals surface area (Å²) in [6.07, 6.45) is 0.257. The van der Waals surface area contributed by atoms with Gasteiger partial charge in [0.2, 0.25) is 10.0 Å². The van der Waals surface area contributed by atoms with E-state index in [-0.39, 0.29) is 27.5 Å². The Morgan fingerprint density at radius 1 is 1.48 bits per heavy atom. The summed E-state index contributed by atoms with van der Waals surface area (Å²) in [5.41, 5.74) is -0.989. The number of hydrogen-bond donors (Lipinski definition) is 2. The molecule has 1 fully saturated rings. The van der Waals surface area contributed by atoms with Gasteiger partial charge in [-0.15, -0.1) is 0 Å². The fourth-order valence-electron chi connectivity index (χ4n) is 2.31. The molecule has 0 spiro atoms. The lowest BCUT2D eigenvalue weighted by Crippen LogP contribution is -2.46. The second-order valence-corrected chi connectivity index (χ2v) is 9.94. The highest BCUT2D eigenvalue weighted by Gasteiger charge is 2.42. The molecule has 0 radical (unpaired) electrons. The molecule has 2 heterocycles. The van der Waals surface area contributed by atoms with Crippen molar-refractivity contribution in [1.29, 1.82) is 0 Å². The first-order valence-corrected chi connectivity index (χ1v) is 10.3. The van der Waals surface area contributed by atoms with Crippen LogP contribution in [0.25, 0.3) is 0 Å². The van der Waals surface area contributed by atoms with Gasteiger partial charge in [-0.1, -0.05) is 0 Å². The summed E-state index contributed by atoms with van der Waals surface area (Å²) in [6, 6.07) is 1.41. The van der Waals surface area contributed by atoms with E-state index in [1.54, 1.807) is 14.0 Å². The fraction of sp³-hybridized carbons (Fsp3) is 0.636. The molecule has 2 N–H and O–H groups in total. The Morgan fingerprint density at radius 2 is 2.14 bits per heavy atom. The zero-order valence-corrected chi connectivity index (χ0v) is 14.9. The average Bonchev–Trinajstić information content (AvgIpc) is 2.79. The largest absolute Gasteiger partial charge is 0.452 e. The second-order valence-electron chi connectivity index (χ2n) is 5.39. The van der Waals surface area contributed by atoms with Gasteiger partial charge in [0.25, 0.3) is 0 Å². The molecule has 1 unspecified atom stereocenters. The topological polar surface area (TPSA) is 105 Å². The van der Waals surface area contributed by atoms with E-state index in [0.717, 1.165) is 0 Å². The number of halogens is 1. The fourth-order valence-corrected chi connectivity index (χ4v) is 6.93. The van der Waals surface area contributed by atoms with Crippen molar-refractivity contribution in [3.8, 4) is 0 Å². The average molecular weight is 401 g/mol. The highest BCUT2D eigenvalue weighted by molar-refractivity contribution is 9.10. The monoisotopic (exact) mass is 400 g/mol. The molecule has 21 heavy (non-hydrogen) atoms. The van der Waals surface area contributed by atoms with Gasteiger partial charge in [-0.05, 0) is 36.3 Å². The van der Waals surface area contributed by atoms with Crippen LogP contribution >= 0.6 is 15.9 Å². The van der Waals surface area contributed by atoms with E-state index in [1.165, 1.54) is 6.07 Å². The third kappa shape index (κ3) is 3.86. The minimum Gasteiger partial charge on any atom is -0.452 e. The Balaban J connectivity index is 2.27. The van der Waals surface area contributed by atoms with Crippen LogP contribution in [0.5, 0.6) is 0 Å². The minimum absolute atomic E-state index is 0.0103. The van der Waals surface area contributed by atoms with Gasteiger partial charge in [0, 0.05) is 11.6 Å². The number of sulfonamides is 1. The van der Waals surface area contributed by atoms with Crippen LogP contribution in [-0.2, 0) is 26.4 Å². The van der Waals surface area contributed by atoms with Crippen molar-refractivity contribution in [2.24, 2.45) is 0 Å². The Labute approximate surface area is 132 Å². The van der Waals surface area contributed by atoms with E-state index in [1.807, 2.05) is 0 Å². The van der Waals surface area contributed by atoms with Gasteiger partial charge in [0.15, 0.2) is 14.5 Å². The third-order valence-electron chi connectivity index (χ3n) is 3.23. The Hall–Kier alpha value is -0.420. The van der Waals surface area contributed by atoms with E-state index in [9.17, 15) is 16.8 Å². The molecule has 2 rings (SSSR count). The lowest BCUT2D eigenvalue weighted by Gasteiger charge is -2.23. The summed E-state index contributed by atoms with van der Waals surface area (Å²) in [6.45, 7) is 1.98. The van der Waals surface area contributed by atoms with Crippen molar-refractivity contribution >= 4 is 35.8 Å². The summed E-state index contributed by atoms with van der Waals surface area (Å²) < 4.78 is 55.8. The summed E-state index contributed by atoms with van der Waals surface area (Å²) >= 11 is 3.08. The second kappa shape index (κ2) is 5.65. The molecule has 0 aliphatic carbocycles. The molecule has 1 atom stereocenters. The maximum Gasteiger partial charge on any atom is 0.245 e. The number of rotatable bonds is 5. The Morgan fingerprint density at radius 3 is 2.67 bits per heavy atom. The first-order valence-electron chi connectivity index (χ1n) is 6.24. The minimum atomic E-state index is -3.86. The lowest BCUT2D eigenvalue weighted by atomic mass is 10.0. The first-order chi connectivity index (χ1) is 9.57. The van der Waals surface area contributed by atoms with Crippen LogP contribution in [0.4, 0.5) is 0 Å². The molecule has 7 nitrogen and oxygen atoms in total. The van der Waals surface area contributed by atoms with Crippen molar-refractivity contribution < 1.29 is 21.3 Å². The van der Waals surface area contributed by atoms with Crippen LogP contribution in [0.1, 0.15) is 19.1 Å². The molecule has 1 aromatic rings. The molecule has 0 bridgehead atoms. The number of furan rings is 1. The standard InChI is InChI=1S/C11H17BrN2O5S2/c1-11(3-4-20(15,16)7-11)14-21(17,18)9-5-8(6-13-2)19-10(9)12/h5,13-14H,3-4,6-7H2,1-2H3. The van der Waals surface area contributed by atoms with Crippen molar-refractivity contribution in [3.05, 3.63) is 16.5 Å². The third-order valence-corrected chi connectivity index (χ3v) is 7.63. The van der Waals surface area contributed by atoms with Gasteiger partial charge in [0.05, 0.1) is 18.1 Å². The zero-order chi connectivity index (χ0) is 15.9. The van der Waals surface area contributed by atoms with Crippen LogP contribution in [0.15, 0.2) is 20.0 Å². The molecule has 1 aliphatic rings. The summed E-state index contributed by atoms with van der Waals surface area (Å²) in [5.74, 6) is 0.260. The quantitative estimate of drug-likeness (QED) is 0.750. The van der Waals surface area contributed by atoms with Crippen molar-refractivity contribution in [1.82, 2.24) is 10.0 Å². The van der Waals surface area contributed by atoms with E-state index in [2.05, 4.69) is 26.0 Å². The Bertz CT molecular complexity index is 741. The molecule has 1 saturated heterocycles. The summed E-state index contributed by atoms with van der Waals surface area (Å²) in [7, 11) is -5.34. The van der Waals surface area contributed by atoms with Gasteiger partial charge in [-0.3, -0.25) is 0 Å². The zero-order valence-electron chi connectivity index (χ0n) is 11.6. The molecule has 1 aliphatic heterocycles. The SMILES string of the molecule is CNCc1cc(S(=O)(=O)NC2(C)CCS(=O)(=O)C2)c(Br)o1. The smallest absolute Gasteiger partial charge is 0.245 e. The van der Waals surface area contributed by atoms with E-state index in [4.69, 9.17) is 4.42 Å². The van der Waals surface area contributed by atoms with Crippen LogP contribution < -0.4 is 10.0 Å². The number of nitrogens with one attached hydrogen (secondary N) is 2. The van der Waals surface area contributed by atoms with E-state index >= 15 is 0 Å². The van der Waals surface area contributed by atoms with Crippen LogP contribution in [0, 0.1) is 0 Å². The van der Waals surface area contributed by atoms with Crippen LogP contribution in [0.3, 0.4) is 0 Å². The van der Waals surface area contributed by atoms with Crippen molar-refractivity contribution in [2.75, 3.05) is 18.6 Å². The van der Waals surface area contributed by atoms with E-state index < -0.39 is 25.4 Å². The lowest BCUT2D eigenvalue weighted by molar-refractivity contribution is 0.456. The number of sulfone groups is 1. The number of hydrogen-bond acceptors (Lipinski definition) is 6. The molecule has 0 saturated carbocycles. The molecular formula is C11H17BrN2O5S2. The molecule has 0 amide bonds. The van der Waals surface area contributed by atoms with Gasteiger partial charge in [-0.25, -0.2) is 21.6 Å². The Kier molecular flexibility index (Phi) is 4.56. The maximum absolute atomic E-state index is 12.4. The van der Waals surface area contributed by atoms with Gasteiger partial charge in [0.1, 0.15) is 10.7 Å². The molecule has 10 heteroatoms. The normalized spacial score (nSPS) is 25.3. The van der Waals surface area contributed by atoms with Gasteiger partial charge >= 0.3 is 0 Å². The summed E-state index contributed by atoms with van der Waals surface area (Å²) in [5, 5.41) is 2.86. The highest BCUT2D eigenvalue weighted by atomic mass is 79.9. The van der Waals surface area contributed by atoms with Crippen LogP contribution in [0.2, 0.25) is 0 Å². The predicted octanol–water partition coefficient (Wildman–Crippen LogP) is 0.617.